The van der Waals surface area contributed by atoms with Crippen molar-refractivity contribution in [1.82, 2.24) is 9.97 Å². The van der Waals surface area contributed by atoms with Gasteiger partial charge >= 0.3 is 18.5 Å². The van der Waals surface area contributed by atoms with Gasteiger partial charge in [0.05, 0.1) is 91.5 Å². The average molecular weight is 1990 g/mol. The number of alkyl halides is 11. The van der Waals surface area contributed by atoms with Crippen LogP contribution < -0.4 is 42.0 Å². The topological polar surface area (TPSA) is 184 Å². The van der Waals surface area contributed by atoms with Crippen LogP contribution in [-0.4, -0.2) is 64.9 Å². The van der Waals surface area contributed by atoms with E-state index in [2.05, 4.69) is 314 Å². The number of aliphatic imine (C=N–C) groups is 2. The predicted octanol–water partition coefficient (Wildman–Crippen LogP) is 32.6. The van der Waals surface area contributed by atoms with Crippen LogP contribution in [0.2, 0.25) is 0 Å². The number of phenols is 2. The van der Waals surface area contributed by atoms with E-state index in [-0.39, 0.29) is 47.7 Å². The number of para-hydroxylation sites is 9. The van der Waals surface area contributed by atoms with Crippen molar-refractivity contribution in [1.29, 1.82) is 0 Å². The summed E-state index contributed by atoms with van der Waals surface area (Å²) in [6.07, 6.45) is -12.0. The van der Waals surface area contributed by atoms with Gasteiger partial charge in [0.1, 0.15) is 17.2 Å². The first kappa shape index (κ1) is 111. The summed E-state index contributed by atoms with van der Waals surface area (Å²) in [5, 5.41) is 42.8. The normalized spacial score (nSPS) is 11.7. The van der Waals surface area contributed by atoms with Gasteiger partial charge in [-0.15, -0.1) is 0 Å². The lowest BCUT2D eigenvalue weighted by Gasteiger charge is -2.22. The van der Waals surface area contributed by atoms with E-state index in [1.807, 2.05) is 74.5 Å². The third kappa shape index (κ3) is 34.2. The second-order valence-corrected chi connectivity index (χ2v) is 36.4. The van der Waals surface area contributed by atoms with Gasteiger partial charge in [-0.3, -0.25) is 20.0 Å². The lowest BCUT2D eigenvalue weighted by atomic mass is 9.92. The molecule has 762 valence electrons. The van der Waals surface area contributed by atoms with Gasteiger partial charge in [0, 0.05) is 93.5 Å². The fourth-order valence-corrected chi connectivity index (χ4v) is 16.3. The highest BCUT2D eigenvalue weighted by Crippen LogP contribution is 2.42. The molecule has 13 aromatic carbocycles. The molecular weight excluding hydrogens is 1860 g/mol. The number of hydrogen-bond acceptors (Lipinski definition) is 14. The number of rotatable bonds is 36. The van der Waals surface area contributed by atoms with E-state index in [9.17, 15) is 58.5 Å². The maximum Gasteiger partial charge on any atom is 0.416 e. The van der Waals surface area contributed by atoms with Gasteiger partial charge in [-0.25, -0.2) is 8.78 Å². The number of nitrogens with one attached hydrogen (secondary N) is 7. The molecule has 0 radical (unpaired) electrons. The minimum absolute atomic E-state index is 0.0106. The summed E-state index contributed by atoms with van der Waals surface area (Å²) >= 11 is 0. The zero-order valence-corrected chi connectivity index (χ0v) is 84.2. The summed E-state index contributed by atoms with van der Waals surface area (Å²) in [7, 11) is 1.68. The summed E-state index contributed by atoms with van der Waals surface area (Å²) < 4.78 is 150. The van der Waals surface area contributed by atoms with Crippen molar-refractivity contribution >= 4 is 56.9 Å². The largest absolute Gasteiger partial charge is 0.507 e. The van der Waals surface area contributed by atoms with Crippen LogP contribution in [0.15, 0.2) is 356 Å². The first-order chi connectivity index (χ1) is 69.9. The van der Waals surface area contributed by atoms with Gasteiger partial charge in [-0.05, 0) is 222 Å². The molecule has 0 bridgehead atoms. The van der Waals surface area contributed by atoms with Crippen molar-refractivity contribution < 1.29 is 63.2 Å². The molecule has 0 unspecified atom stereocenters. The minimum atomic E-state index is -5.02. The highest BCUT2D eigenvalue weighted by atomic mass is 19.4. The third-order valence-corrected chi connectivity index (χ3v) is 23.9. The molecule has 2 heterocycles. The second kappa shape index (κ2) is 53.9. The molecule has 9 N–H and O–H groups in total. The number of pyridine rings is 2. The zero-order chi connectivity index (χ0) is 105. The predicted molar refractivity (Wildman–Crippen MR) is 576 cm³/mol. The Morgan fingerprint density at radius 2 is 0.658 bits per heavy atom. The number of phenolic OH excluding ortho intramolecular Hbond substituents is 2. The Hall–Kier alpha value is -15.3. The Labute approximate surface area is 850 Å². The van der Waals surface area contributed by atoms with Crippen LogP contribution in [0.1, 0.15) is 207 Å². The van der Waals surface area contributed by atoms with E-state index in [4.69, 9.17) is 9.72 Å². The number of methoxy groups -OCH3 is 1. The van der Waals surface area contributed by atoms with Crippen LogP contribution in [0.4, 0.5) is 93.8 Å². The Kier molecular flexibility index (Phi) is 41.0. The summed E-state index contributed by atoms with van der Waals surface area (Å²) in [6.45, 7) is 26.3. The smallest absolute Gasteiger partial charge is 0.416 e. The molecule has 15 aromatic rings. The number of benzene rings is 13. The Morgan fingerprint density at radius 3 is 1.03 bits per heavy atom. The van der Waals surface area contributed by atoms with Crippen molar-refractivity contribution in [3.05, 3.63) is 446 Å². The molecule has 14 nitrogen and oxygen atoms in total. The summed E-state index contributed by atoms with van der Waals surface area (Å²) in [5.41, 5.74) is 19.9. The molecule has 0 spiro atoms. The Balaban J connectivity index is 0.000000177. The number of aromatic nitrogens is 2. The Bertz CT molecular complexity index is 6260. The van der Waals surface area contributed by atoms with Crippen LogP contribution in [-0.2, 0) is 63.5 Å². The van der Waals surface area contributed by atoms with E-state index in [0.717, 1.165) is 101 Å². The molecule has 0 saturated carbocycles. The molecule has 25 heteroatoms. The van der Waals surface area contributed by atoms with Gasteiger partial charge in [0.25, 0.3) is 5.92 Å². The SMILES string of the molecule is CC(=NCCN=C(C)c1ccccc1O)c1ccccc1O.CC(C)c1cccc(C(C)C)c1NCCCNc1c(C(C)C)cccc1C(C)C.CC(F)(F)c1cc(NCc2cccc(CNc3cc(C(F)(F)F)cc(C(F)(F)F)c3)n2)cc(C(F)(F)F)c1.COc1ccccc1Nc1ccccc1-c1ccccc1.c1ccc(Cc2ccccc2NCc2cccc(CNc3ccccc3Cc3ccccc3)n2)cc1. The van der Waals surface area contributed by atoms with E-state index in [1.165, 1.54) is 85.2 Å². The van der Waals surface area contributed by atoms with Crippen LogP contribution in [0.3, 0.4) is 0 Å². The molecule has 2 aromatic heterocycles. The first-order valence-corrected chi connectivity index (χ1v) is 48.7. The van der Waals surface area contributed by atoms with Crippen molar-refractivity contribution in [3.8, 4) is 28.4 Å². The Morgan fingerprint density at radius 1 is 0.336 bits per heavy atom. The van der Waals surface area contributed by atoms with Gasteiger partial charge in [-0.1, -0.05) is 286 Å². The molecule has 0 amide bonds. The average Bonchev–Trinajstić information content (AvgIpc) is 0.825. The lowest BCUT2D eigenvalue weighted by molar-refractivity contribution is -0.143. The maximum absolute atomic E-state index is 13.7. The van der Waals surface area contributed by atoms with Crippen LogP contribution in [0.25, 0.3) is 11.1 Å². The monoisotopic (exact) mass is 1990 g/mol. The summed E-state index contributed by atoms with van der Waals surface area (Å²) in [4.78, 5) is 17.9. The number of hydrogen-bond donors (Lipinski definition) is 9. The highest BCUT2D eigenvalue weighted by Gasteiger charge is 2.38. The molecule has 0 atom stereocenters. The number of halogens is 11. The standard InChI is InChI=1S/C33H31N3.C27H42N2.C24H18F11N3.C19H17NO.C18H20N2O2/c1-3-12-26(13-4-1)22-28-16-7-9-20-32(28)34-24-30-18-11-19-31(36-30)25-35-33-21-10-8-17-29(33)23-27-14-5-2-6-15-27;1-18(2)22-12-9-13-23(19(3)4)26(22)28-16-11-17-29-27-24(20(5)6)14-10-15-25(27)21(7)8;1-21(25,26)13-5-14(22(27,28)29)8-19(7-13)36-11-17-3-2-4-18(38-17)12-37-20-9-15(23(30,31)32)6-16(10-20)24(33,34)35;1-21-19-14-8-7-13-18(19)20-17-12-6-5-11-16(17)15-9-3-2-4-10-15;1-13(15-7-3-5-9-17(15)21)19-11-12-20-14(2)16-8-4-6-10-18(16)22/h1-21,34-35H,22-25H2;9-10,12-15,18-21,28-29H,11,16-17H2,1-8H3;2-10,36-37H,11-12H2,1H3;2-14,20H,1H3;3-10,21-22H,11-12H2,1-2H3. The number of anilines is 8. The molecule has 146 heavy (non-hydrogen) atoms. The molecule has 15 rings (SSSR count). The number of nitrogens with zero attached hydrogens (tertiary/aromatic N) is 4. The fraction of sp³-hybridized carbons (Fsp3) is 0.256. The van der Waals surface area contributed by atoms with Gasteiger partial charge in [-0.2, -0.15) is 39.5 Å². The van der Waals surface area contributed by atoms with E-state index in [0.29, 0.717) is 81.0 Å². The second-order valence-electron chi connectivity index (χ2n) is 36.4. The van der Waals surface area contributed by atoms with Crippen LogP contribution in [0, 0.1) is 0 Å². The quantitative estimate of drug-likeness (QED) is 0.0103. The van der Waals surface area contributed by atoms with Gasteiger partial charge in [0.15, 0.2) is 0 Å². The highest BCUT2D eigenvalue weighted by molar-refractivity contribution is 6.02. The van der Waals surface area contributed by atoms with Gasteiger partial charge in [0.2, 0.25) is 0 Å². The maximum atomic E-state index is 13.7. The van der Waals surface area contributed by atoms with Crippen molar-refractivity contribution in [2.45, 2.75) is 170 Å². The number of aromatic hydroxyl groups is 2. The zero-order valence-electron chi connectivity index (χ0n) is 84.2. The molecule has 0 fully saturated rings. The number of ether oxygens (including phenoxy) is 1. The molecular formula is C121H128F11N11O3. The molecule has 0 aliphatic rings. The van der Waals surface area contributed by atoms with E-state index < -0.39 is 52.4 Å². The van der Waals surface area contributed by atoms with Crippen molar-refractivity contribution in [2.75, 3.05) is 70.5 Å². The molecule has 0 aliphatic carbocycles. The summed E-state index contributed by atoms with van der Waals surface area (Å²) in [5.74, 6) is -0.129. The minimum Gasteiger partial charge on any atom is -0.507 e. The fourth-order valence-electron chi connectivity index (χ4n) is 16.3. The van der Waals surface area contributed by atoms with Crippen LogP contribution >= 0.6 is 0 Å². The molecule has 0 aliphatic heterocycles. The lowest BCUT2D eigenvalue weighted by Crippen LogP contribution is -2.14. The van der Waals surface area contributed by atoms with E-state index in [1.54, 1.807) is 31.4 Å². The third-order valence-electron chi connectivity index (χ3n) is 23.9. The van der Waals surface area contributed by atoms with Gasteiger partial charge < -0.3 is 52.2 Å². The van der Waals surface area contributed by atoms with E-state index >= 15 is 0 Å². The first-order valence-electron chi connectivity index (χ1n) is 48.7. The van der Waals surface area contributed by atoms with Crippen LogP contribution in [0.5, 0.6) is 17.2 Å². The molecule has 0 saturated heterocycles. The summed E-state index contributed by atoms with van der Waals surface area (Å²) in [6, 6.07) is 106. The van der Waals surface area contributed by atoms with Crippen molar-refractivity contribution in [3.63, 3.8) is 0 Å². The van der Waals surface area contributed by atoms with Crippen molar-refractivity contribution in [2.24, 2.45) is 9.98 Å².